The van der Waals surface area contributed by atoms with Gasteiger partial charge in [-0.1, -0.05) is 38.1 Å². The summed E-state index contributed by atoms with van der Waals surface area (Å²) in [6.45, 7) is 11.6. The first kappa shape index (κ1) is 12.6. The third-order valence-electron chi connectivity index (χ3n) is 4.88. The van der Waals surface area contributed by atoms with Gasteiger partial charge in [0.1, 0.15) is 0 Å². The lowest BCUT2D eigenvalue weighted by molar-refractivity contribution is 0.215. The maximum absolute atomic E-state index is 2.57. The molecule has 2 heterocycles. The molecule has 0 bridgehead atoms. The molecular weight excluding hydrogens is 232 g/mol. The molecule has 2 heteroatoms. The minimum Gasteiger partial charge on any atom is -0.352 e. The summed E-state index contributed by atoms with van der Waals surface area (Å²) < 4.78 is 0. The Morgan fingerprint density at radius 2 is 1.79 bits per heavy atom. The zero-order chi connectivity index (χ0) is 13.8. The fraction of sp³-hybridized carbons (Fsp3) is 0.529. The van der Waals surface area contributed by atoms with Gasteiger partial charge in [-0.05, 0) is 38.6 Å². The lowest BCUT2D eigenvalue weighted by atomic mass is 9.83. The SMILES string of the molecule is Cc1ccccc1N1C(C)N2C=CC(C)(C)C2[C@@H]1C. The Morgan fingerprint density at radius 1 is 1.11 bits per heavy atom. The number of nitrogens with zero attached hydrogens (tertiary/aromatic N) is 2. The number of fused-ring (bicyclic) bond motifs is 1. The molecule has 0 N–H and O–H groups in total. The minimum absolute atomic E-state index is 0.255. The number of para-hydroxylation sites is 1. The van der Waals surface area contributed by atoms with Crippen LogP contribution >= 0.6 is 0 Å². The van der Waals surface area contributed by atoms with E-state index in [4.69, 9.17) is 0 Å². The van der Waals surface area contributed by atoms with Gasteiger partial charge < -0.3 is 9.80 Å². The van der Waals surface area contributed by atoms with E-state index < -0.39 is 0 Å². The van der Waals surface area contributed by atoms with E-state index in [1.165, 1.54) is 11.3 Å². The molecule has 0 amide bonds. The molecule has 1 aromatic carbocycles. The van der Waals surface area contributed by atoms with Crippen LogP contribution in [0.4, 0.5) is 5.69 Å². The van der Waals surface area contributed by atoms with Crippen LogP contribution in [0.25, 0.3) is 0 Å². The molecule has 19 heavy (non-hydrogen) atoms. The van der Waals surface area contributed by atoms with Crippen molar-refractivity contribution in [3.05, 3.63) is 42.1 Å². The molecule has 1 aromatic rings. The highest BCUT2D eigenvalue weighted by Gasteiger charge is 2.50. The van der Waals surface area contributed by atoms with E-state index in [2.05, 4.69) is 81.0 Å². The molecule has 102 valence electrons. The molecule has 1 saturated heterocycles. The summed E-state index contributed by atoms with van der Waals surface area (Å²) in [5.41, 5.74) is 3.00. The second-order valence-corrected chi connectivity index (χ2v) is 6.60. The van der Waals surface area contributed by atoms with Gasteiger partial charge in [-0.2, -0.15) is 0 Å². The lowest BCUT2D eigenvalue weighted by Crippen LogP contribution is -2.41. The minimum atomic E-state index is 0.255. The van der Waals surface area contributed by atoms with E-state index in [9.17, 15) is 0 Å². The number of aryl methyl sites for hydroxylation is 1. The second kappa shape index (κ2) is 4.03. The average molecular weight is 256 g/mol. The van der Waals surface area contributed by atoms with Gasteiger partial charge in [-0.15, -0.1) is 0 Å². The van der Waals surface area contributed by atoms with Crippen LogP contribution in [-0.4, -0.2) is 23.1 Å². The number of hydrogen-bond donors (Lipinski definition) is 0. The molecule has 0 aliphatic carbocycles. The van der Waals surface area contributed by atoms with Gasteiger partial charge in [0.25, 0.3) is 0 Å². The Balaban J connectivity index is 2.02. The molecule has 1 fully saturated rings. The van der Waals surface area contributed by atoms with Crippen LogP contribution in [0.2, 0.25) is 0 Å². The van der Waals surface area contributed by atoms with E-state index in [0.29, 0.717) is 18.2 Å². The van der Waals surface area contributed by atoms with Crippen LogP contribution in [0.5, 0.6) is 0 Å². The van der Waals surface area contributed by atoms with Crippen molar-refractivity contribution < 1.29 is 0 Å². The highest BCUT2D eigenvalue weighted by atomic mass is 15.5. The second-order valence-electron chi connectivity index (χ2n) is 6.60. The van der Waals surface area contributed by atoms with Crippen LogP contribution in [0, 0.1) is 12.3 Å². The largest absolute Gasteiger partial charge is 0.352 e. The van der Waals surface area contributed by atoms with Crippen LogP contribution in [0.1, 0.15) is 33.3 Å². The first-order valence-corrected chi connectivity index (χ1v) is 7.24. The molecule has 3 rings (SSSR count). The van der Waals surface area contributed by atoms with Crippen molar-refractivity contribution in [2.24, 2.45) is 5.41 Å². The summed E-state index contributed by atoms with van der Waals surface area (Å²) in [4.78, 5) is 5.10. The molecule has 3 atom stereocenters. The van der Waals surface area contributed by atoms with Gasteiger partial charge >= 0.3 is 0 Å². The third-order valence-corrected chi connectivity index (χ3v) is 4.88. The fourth-order valence-electron chi connectivity index (χ4n) is 3.99. The molecule has 0 spiro atoms. The van der Waals surface area contributed by atoms with Crippen molar-refractivity contribution in [2.45, 2.75) is 52.9 Å². The molecule has 0 saturated carbocycles. The molecule has 2 nitrogen and oxygen atoms in total. The van der Waals surface area contributed by atoms with Crippen molar-refractivity contribution in [1.29, 1.82) is 0 Å². The summed E-state index contributed by atoms with van der Waals surface area (Å²) in [7, 11) is 0. The summed E-state index contributed by atoms with van der Waals surface area (Å²) in [5.74, 6) is 0. The van der Waals surface area contributed by atoms with Crippen LogP contribution in [-0.2, 0) is 0 Å². The molecule has 2 aliphatic rings. The summed E-state index contributed by atoms with van der Waals surface area (Å²) in [6, 6.07) is 9.82. The van der Waals surface area contributed by atoms with E-state index >= 15 is 0 Å². The predicted octanol–water partition coefficient (Wildman–Crippen LogP) is 3.77. The quantitative estimate of drug-likeness (QED) is 0.754. The van der Waals surface area contributed by atoms with Crippen LogP contribution < -0.4 is 4.90 Å². The lowest BCUT2D eigenvalue weighted by Gasteiger charge is -2.33. The predicted molar refractivity (Wildman–Crippen MR) is 81.1 cm³/mol. The van der Waals surface area contributed by atoms with Crippen LogP contribution in [0.3, 0.4) is 0 Å². The number of rotatable bonds is 1. The first-order chi connectivity index (χ1) is 8.93. The Bertz CT molecular complexity index is 518. The van der Waals surface area contributed by atoms with Gasteiger partial charge in [-0.25, -0.2) is 0 Å². The Hall–Kier alpha value is -1.44. The molecule has 0 radical (unpaired) electrons. The monoisotopic (exact) mass is 256 g/mol. The molecular formula is C17H24N2. The summed E-state index contributed by atoms with van der Waals surface area (Å²) in [6.07, 6.45) is 5.09. The smallest absolute Gasteiger partial charge is 0.0989 e. The van der Waals surface area contributed by atoms with Gasteiger partial charge in [0.15, 0.2) is 0 Å². The van der Waals surface area contributed by atoms with Crippen molar-refractivity contribution >= 4 is 5.69 Å². The summed E-state index contributed by atoms with van der Waals surface area (Å²) >= 11 is 0. The zero-order valence-electron chi connectivity index (χ0n) is 12.6. The maximum Gasteiger partial charge on any atom is 0.0989 e. The zero-order valence-corrected chi connectivity index (χ0v) is 12.6. The maximum atomic E-state index is 2.57. The number of anilines is 1. The standard InChI is InChI=1S/C17H24N2/c1-12-8-6-7-9-15(12)19-13(2)16-17(4,5)10-11-18(16)14(19)3/h6-11,13-14,16H,1-5H3/t13-,14?,16?/m0/s1. The van der Waals surface area contributed by atoms with Crippen molar-refractivity contribution in [3.63, 3.8) is 0 Å². The Morgan fingerprint density at radius 3 is 2.42 bits per heavy atom. The van der Waals surface area contributed by atoms with E-state index in [-0.39, 0.29) is 5.41 Å². The highest BCUT2D eigenvalue weighted by Crippen LogP contribution is 2.45. The fourth-order valence-corrected chi connectivity index (χ4v) is 3.99. The Labute approximate surface area is 116 Å². The Kier molecular flexibility index (Phi) is 2.67. The van der Waals surface area contributed by atoms with Crippen molar-refractivity contribution in [2.75, 3.05) is 4.90 Å². The van der Waals surface area contributed by atoms with E-state index in [1.807, 2.05) is 0 Å². The average Bonchev–Trinajstić information content (AvgIpc) is 2.79. The first-order valence-electron chi connectivity index (χ1n) is 7.24. The van der Waals surface area contributed by atoms with Gasteiger partial charge in [-0.3, -0.25) is 0 Å². The van der Waals surface area contributed by atoms with Crippen molar-refractivity contribution in [3.8, 4) is 0 Å². The van der Waals surface area contributed by atoms with E-state index in [1.54, 1.807) is 0 Å². The topological polar surface area (TPSA) is 6.48 Å². The normalized spacial score (nSPS) is 31.9. The number of hydrogen-bond acceptors (Lipinski definition) is 2. The van der Waals surface area contributed by atoms with Crippen molar-refractivity contribution in [1.82, 2.24) is 4.90 Å². The van der Waals surface area contributed by atoms with Crippen LogP contribution in [0.15, 0.2) is 36.5 Å². The van der Waals surface area contributed by atoms with Gasteiger partial charge in [0, 0.05) is 17.1 Å². The molecule has 2 unspecified atom stereocenters. The summed E-state index contributed by atoms with van der Waals surface area (Å²) in [5, 5.41) is 0. The van der Waals surface area contributed by atoms with Gasteiger partial charge in [0.05, 0.1) is 12.2 Å². The molecule has 0 aromatic heterocycles. The van der Waals surface area contributed by atoms with E-state index in [0.717, 1.165) is 0 Å². The number of benzene rings is 1. The van der Waals surface area contributed by atoms with Gasteiger partial charge in [0.2, 0.25) is 0 Å². The highest BCUT2D eigenvalue weighted by molar-refractivity contribution is 5.56. The third kappa shape index (κ3) is 1.69. The molecule has 2 aliphatic heterocycles.